The van der Waals surface area contributed by atoms with Crippen molar-refractivity contribution in [1.82, 2.24) is 0 Å². The van der Waals surface area contributed by atoms with E-state index in [1.807, 2.05) is 0 Å². The second-order valence-corrected chi connectivity index (χ2v) is 8.55. The van der Waals surface area contributed by atoms with Crippen LogP contribution in [0.4, 0.5) is 11.4 Å². The number of nitrogens with one attached hydrogen (secondary N) is 1. The van der Waals surface area contributed by atoms with Crippen LogP contribution in [0.1, 0.15) is 47.9 Å². The van der Waals surface area contributed by atoms with E-state index in [1.165, 1.54) is 22.3 Å². The summed E-state index contributed by atoms with van der Waals surface area (Å²) in [5.74, 6) is 1.00. The highest BCUT2D eigenvalue weighted by Gasteiger charge is 2.08. The highest BCUT2D eigenvalue weighted by Crippen LogP contribution is 2.26. The van der Waals surface area contributed by atoms with E-state index in [0.717, 1.165) is 24.2 Å². The minimum atomic E-state index is 0.502. The first-order valence-electron chi connectivity index (χ1n) is 11.2. The largest absolute Gasteiger partial charge is 0.356 e. The van der Waals surface area contributed by atoms with Crippen LogP contribution < -0.4 is 5.32 Å². The van der Waals surface area contributed by atoms with Crippen molar-refractivity contribution < 1.29 is 0 Å². The molecule has 0 aliphatic rings. The van der Waals surface area contributed by atoms with Gasteiger partial charge in [-0.2, -0.15) is 0 Å². The summed E-state index contributed by atoms with van der Waals surface area (Å²) in [6, 6.07) is 39.1. The minimum Gasteiger partial charge on any atom is -0.356 e. The van der Waals surface area contributed by atoms with E-state index in [0.29, 0.717) is 11.8 Å². The smallest absolute Gasteiger partial charge is 0.0384 e. The summed E-state index contributed by atoms with van der Waals surface area (Å²) in [5, 5.41) is 3.54. The average Bonchev–Trinajstić information content (AvgIpc) is 2.81. The van der Waals surface area contributed by atoms with Crippen molar-refractivity contribution in [2.45, 2.75) is 38.5 Å². The fourth-order valence-electron chi connectivity index (χ4n) is 4.13. The van der Waals surface area contributed by atoms with Crippen LogP contribution in [0.2, 0.25) is 0 Å². The highest BCUT2D eigenvalue weighted by atomic mass is 14.9. The van der Waals surface area contributed by atoms with Gasteiger partial charge in [-0.15, -0.1) is 0 Å². The van der Waals surface area contributed by atoms with Crippen molar-refractivity contribution in [1.29, 1.82) is 0 Å². The normalized spacial score (nSPS) is 12.8. The maximum atomic E-state index is 3.54. The molecule has 0 fully saturated rings. The first kappa shape index (κ1) is 20.9. The number of anilines is 2. The Morgan fingerprint density at radius 3 is 1.19 bits per heavy atom. The lowest BCUT2D eigenvalue weighted by atomic mass is 9.93. The van der Waals surface area contributed by atoms with Crippen LogP contribution in [-0.4, -0.2) is 0 Å². The van der Waals surface area contributed by atoms with E-state index >= 15 is 0 Å². The van der Waals surface area contributed by atoms with E-state index in [2.05, 4.69) is 128 Å². The maximum absolute atomic E-state index is 3.54. The summed E-state index contributed by atoms with van der Waals surface area (Å²) in [5.41, 5.74) is 7.78. The summed E-state index contributed by atoms with van der Waals surface area (Å²) in [6.45, 7) is 4.59. The van der Waals surface area contributed by atoms with Gasteiger partial charge in [-0.3, -0.25) is 0 Å². The molecular weight excluding hydrogens is 374 g/mol. The van der Waals surface area contributed by atoms with E-state index in [9.17, 15) is 0 Å². The number of benzene rings is 4. The molecule has 1 nitrogen and oxygen atoms in total. The Balaban J connectivity index is 1.34. The molecule has 31 heavy (non-hydrogen) atoms. The van der Waals surface area contributed by atoms with Crippen LogP contribution in [0.5, 0.6) is 0 Å². The predicted molar refractivity (Wildman–Crippen MR) is 133 cm³/mol. The lowest BCUT2D eigenvalue weighted by Crippen LogP contribution is -2.00. The molecular formula is C30H31N. The highest BCUT2D eigenvalue weighted by molar-refractivity contribution is 5.60. The van der Waals surface area contributed by atoms with Gasteiger partial charge in [0, 0.05) is 11.4 Å². The van der Waals surface area contributed by atoms with Gasteiger partial charge in [-0.25, -0.2) is 0 Å². The molecule has 1 N–H and O–H groups in total. The number of hydrogen-bond acceptors (Lipinski definition) is 1. The standard InChI is InChI=1S/C30H31N/c1-23(21-25-9-5-3-6-10-25)27-13-17-29(18-14-27)31-30-19-15-28(16-20-30)24(2)22-26-11-7-4-8-12-26/h3-20,23-24,31H,21-22H2,1-2H3. The molecule has 0 aliphatic carbocycles. The topological polar surface area (TPSA) is 12.0 Å². The van der Waals surface area contributed by atoms with Gasteiger partial charge in [0.15, 0.2) is 0 Å². The van der Waals surface area contributed by atoms with Crippen molar-refractivity contribution in [2.24, 2.45) is 0 Å². The monoisotopic (exact) mass is 405 g/mol. The number of hydrogen-bond donors (Lipinski definition) is 1. The van der Waals surface area contributed by atoms with Crippen molar-refractivity contribution in [3.63, 3.8) is 0 Å². The van der Waals surface area contributed by atoms with Gasteiger partial charge >= 0.3 is 0 Å². The first-order valence-corrected chi connectivity index (χ1v) is 11.2. The lowest BCUT2D eigenvalue weighted by molar-refractivity contribution is 0.759. The van der Waals surface area contributed by atoms with E-state index < -0.39 is 0 Å². The Morgan fingerprint density at radius 1 is 0.484 bits per heavy atom. The molecule has 156 valence electrons. The molecule has 0 spiro atoms. The van der Waals surface area contributed by atoms with Gasteiger partial charge in [0.2, 0.25) is 0 Å². The molecule has 0 aliphatic heterocycles. The fraction of sp³-hybridized carbons (Fsp3) is 0.200. The van der Waals surface area contributed by atoms with Gasteiger partial charge in [-0.1, -0.05) is 98.8 Å². The molecule has 0 bridgehead atoms. The Morgan fingerprint density at radius 2 is 0.839 bits per heavy atom. The quantitative estimate of drug-likeness (QED) is 0.312. The van der Waals surface area contributed by atoms with Gasteiger partial charge < -0.3 is 5.32 Å². The zero-order valence-corrected chi connectivity index (χ0v) is 18.5. The molecule has 0 heterocycles. The van der Waals surface area contributed by atoms with Crippen molar-refractivity contribution in [2.75, 3.05) is 5.32 Å². The van der Waals surface area contributed by atoms with Crippen molar-refractivity contribution in [3.8, 4) is 0 Å². The molecule has 2 atom stereocenters. The zero-order chi connectivity index (χ0) is 21.5. The number of rotatable bonds is 8. The van der Waals surface area contributed by atoms with Gasteiger partial charge in [-0.05, 0) is 71.2 Å². The van der Waals surface area contributed by atoms with Gasteiger partial charge in [0.25, 0.3) is 0 Å². The average molecular weight is 406 g/mol. The second-order valence-electron chi connectivity index (χ2n) is 8.55. The van der Waals surface area contributed by atoms with Gasteiger partial charge in [0.05, 0.1) is 0 Å². The van der Waals surface area contributed by atoms with Crippen LogP contribution in [0, 0.1) is 0 Å². The van der Waals surface area contributed by atoms with Crippen LogP contribution in [0.25, 0.3) is 0 Å². The molecule has 1 heteroatoms. The molecule has 0 saturated heterocycles. The van der Waals surface area contributed by atoms with Crippen LogP contribution >= 0.6 is 0 Å². The second kappa shape index (κ2) is 10.1. The summed E-state index contributed by atoms with van der Waals surface area (Å²) in [4.78, 5) is 0. The summed E-state index contributed by atoms with van der Waals surface area (Å²) >= 11 is 0. The molecule has 4 aromatic carbocycles. The molecule has 0 aromatic heterocycles. The first-order chi connectivity index (χ1) is 15.2. The van der Waals surface area contributed by atoms with Crippen LogP contribution in [-0.2, 0) is 12.8 Å². The summed E-state index contributed by atoms with van der Waals surface area (Å²) < 4.78 is 0. The van der Waals surface area contributed by atoms with E-state index in [1.54, 1.807) is 0 Å². The third-order valence-electron chi connectivity index (χ3n) is 6.02. The Bertz CT molecular complexity index is 962. The SMILES string of the molecule is CC(Cc1ccccc1)c1ccc(Nc2ccc(C(C)Cc3ccccc3)cc2)cc1. The minimum absolute atomic E-state index is 0.502. The summed E-state index contributed by atoms with van der Waals surface area (Å²) in [6.07, 6.45) is 2.13. The Labute approximate surface area is 186 Å². The predicted octanol–water partition coefficient (Wildman–Crippen LogP) is 8.12. The van der Waals surface area contributed by atoms with E-state index in [4.69, 9.17) is 0 Å². The maximum Gasteiger partial charge on any atom is 0.0384 e. The molecule has 4 rings (SSSR count). The molecule has 0 amide bonds. The Kier molecular flexibility index (Phi) is 6.84. The lowest BCUT2D eigenvalue weighted by Gasteiger charge is -2.15. The fourth-order valence-corrected chi connectivity index (χ4v) is 4.13. The third kappa shape index (κ3) is 5.86. The van der Waals surface area contributed by atoms with E-state index in [-0.39, 0.29) is 0 Å². The molecule has 0 saturated carbocycles. The molecule has 4 aromatic rings. The molecule has 0 radical (unpaired) electrons. The van der Waals surface area contributed by atoms with Gasteiger partial charge in [0.1, 0.15) is 0 Å². The summed E-state index contributed by atoms with van der Waals surface area (Å²) in [7, 11) is 0. The van der Waals surface area contributed by atoms with Crippen LogP contribution in [0.3, 0.4) is 0 Å². The zero-order valence-electron chi connectivity index (χ0n) is 18.5. The van der Waals surface area contributed by atoms with Crippen molar-refractivity contribution in [3.05, 3.63) is 131 Å². The third-order valence-corrected chi connectivity index (χ3v) is 6.02. The molecule has 2 unspecified atom stereocenters. The van der Waals surface area contributed by atoms with Crippen molar-refractivity contribution >= 4 is 11.4 Å². The Hall–Kier alpha value is -3.32. The van der Waals surface area contributed by atoms with Crippen LogP contribution in [0.15, 0.2) is 109 Å².